The van der Waals surface area contributed by atoms with E-state index in [0.717, 1.165) is 24.1 Å². The molecule has 2 heterocycles. The second kappa shape index (κ2) is 7.70. The molecule has 3 aromatic rings. The molecule has 2 aliphatic rings. The van der Waals surface area contributed by atoms with Gasteiger partial charge in [-0.2, -0.15) is 5.10 Å². The third-order valence-electron chi connectivity index (χ3n) is 6.16. The molecular formula is C23H22ClN4O2+. The third kappa shape index (κ3) is 3.22. The Morgan fingerprint density at radius 3 is 2.83 bits per heavy atom. The van der Waals surface area contributed by atoms with Crippen LogP contribution in [0.25, 0.3) is 0 Å². The molecule has 7 heteroatoms. The summed E-state index contributed by atoms with van der Waals surface area (Å²) < 4.78 is 1.64. The number of aliphatic hydroxyl groups is 1. The SMILES string of the molecule is O=C1C[C@H](c2cccc(Cl)c2)[C@H](n2cncn2)C(O)=C1[C@@H]1[NH2+]CCc2ccccc21. The molecule has 0 saturated heterocycles. The number of rotatable bonds is 3. The summed E-state index contributed by atoms with van der Waals surface area (Å²) in [5, 5.41) is 18.5. The topological polar surface area (TPSA) is 84.6 Å². The maximum absolute atomic E-state index is 13.4. The summed E-state index contributed by atoms with van der Waals surface area (Å²) in [7, 11) is 0. The largest absolute Gasteiger partial charge is 0.509 e. The minimum atomic E-state index is -0.513. The number of quaternary nitrogens is 1. The smallest absolute Gasteiger partial charge is 0.169 e. The van der Waals surface area contributed by atoms with Gasteiger partial charge in [-0.1, -0.05) is 48.0 Å². The lowest BCUT2D eigenvalue weighted by Gasteiger charge is -2.35. The van der Waals surface area contributed by atoms with E-state index in [2.05, 4.69) is 27.5 Å². The predicted octanol–water partition coefficient (Wildman–Crippen LogP) is 2.90. The average molecular weight is 422 g/mol. The molecule has 5 rings (SSSR count). The summed E-state index contributed by atoms with van der Waals surface area (Å²) in [5.41, 5.74) is 3.69. The van der Waals surface area contributed by atoms with E-state index in [4.69, 9.17) is 11.6 Å². The Labute approximate surface area is 179 Å². The molecule has 152 valence electrons. The van der Waals surface area contributed by atoms with E-state index in [1.807, 2.05) is 30.3 Å². The van der Waals surface area contributed by atoms with Crippen molar-refractivity contribution >= 4 is 17.4 Å². The number of nitrogens with zero attached hydrogens (tertiary/aromatic N) is 3. The number of allylic oxidation sites excluding steroid dienone is 1. The van der Waals surface area contributed by atoms with Crippen molar-refractivity contribution in [2.75, 3.05) is 6.54 Å². The van der Waals surface area contributed by atoms with Crippen LogP contribution in [0.15, 0.2) is 72.5 Å². The minimum absolute atomic E-state index is 0.0354. The highest BCUT2D eigenvalue weighted by Gasteiger charge is 2.44. The van der Waals surface area contributed by atoms with E-state index in [9.17, 15) is 9.90 Å². The quantitative estimate of drug-likeness (QED) is 0.681. The first-order valence-corrected chi connectivity index (χ1v) is 10.5. The van der Waals surface area contributed by atoms with Crippen LogP contribution in [0.3, 0.4) is 0 Å². The van der Waals surface area contributed by atoms with Crippen LogP contribution in [-0.2, 0) is 11.2 Å². The number of Topliss-reactive ketones (excluding diaryl/α,β-unsaturated/α-hetero) is 1. The zero-order valence-corrected chi connectivity index (χ0v) is 17.0. The van der Waals surface area contributed by atoms with Crippen molar-refractivity contribution < 1.29 is 15.2 Å². The second-order valence-corrected chi connectivity index (χ2v) is 8.30. The number of aromatic nitrogens is 3. The molecule has 0 unspecified atom stereocenters. The van der Waals surface area contributed by atoms with E-state index in [1.54, 1.807) is 17.1 Å². The maximum Gasteiger partial charge on any atom is 0.169 e. The number of aliphatic hydroxyl groups excluding tert-OH is 1. The number of carbonyl (C=O) groups is 1. The molecule has 2 aromatic carbocycles. The zero-order chi connectivity index (χ0) is 20.7. The van der Waals surface area contributed by atoms with Crippen molar-refractivity contribution in [2.45, 2.75) is 30.8 Å². The molecule has 0 fully saturated rings. The molecule has 0 bridgehead atoms. The number of halogens is 1. The monoisotopic (exact) mass is 421 g/mol. The summed E-state index contributed by atoms with van der Waals surface area (Å²) in [5.74, 6) is -0.244. The lowest BCUT2D eigenvalue weighted by Crippen LogP contribution is -2.88. The second-order valence-electron chi connectivity index (χ2n) is 7.86. The van der Waals surface area contributed by atoms with Crippen LogP contribution < -0.4 is 5.32 Å². The molecule has 0 saturated carbocycles. The maximum atomic E-state index is 13.4. The molecule has 1 aliphatic heterocycles. The van der Waals surface area contributed by atoms with Gasteiger partial charge >= 0.3 is 0 Å². The number of ketones is 1. The first kappa shape index (κ1) is 19.0. The number of hydrogen-bond donors (Lipinski definition) is 2. The molecule has 3 N–H and O–H groups in total. The van der Waals surface area contributed by atoms with Gasteiger partial charge in [-0.3, -0.25) is 4.79 Å². The van der Waals surface area contributed by atoms with Gasteiger partial charge in [-0.05, 0) is 23.3 Å². The van der Waals surface area contributed by atoms with Crippen LogP contribution >= 0.6 is 11.6 Å². The molecule has 6 nitrogen and oxygen atoms in total. The van der Waals surface area contributed by atoms with Crippen LogP contribution in [0.5, 0.6) is 0 Å². The fraction of sp³-hybridized carbons (Fsp3) is 0.261. The van der Waals surface area contributed by atoms with Crippen LogP contribution in [-0.4, -0.2) is 32.2 Å². The van der Waals surface area contributed by atoms with Crippen molar-refractivity contribution in [3.63, 3.8) is 0 Å². The van der Waals surface area contributed by atoms with Crippen molar-refractivity contribution in [3.05, 3.63) is 94.2 Å². The highest BCUT2D eigenvalue weighted by atomic mass is 35.5. The lowest BCUT2D eigenvalue weighted by atomic mass is 9.75. The summed E-state index contributed by atoms with van der Waals surface area (Å²) in [6.45, 7) is 0.872. The molecule has 0 amide bonds. The van der Waals surface area contributed by atoms with Crippen LogP contribution in [0, 0.1) is 0 Å². The van der Waals surface area contributed by atoms with E-state index >= 15 is 0 Å². The van der Waals surface area contributed by atoms with Gasteiger partial charge in [0.2, 0.25) is 0 Å². The Bertz CT molecular complexity index is 1130. The molecule has 1 aromatic heterocycles. The van der Waals surface area contributed by atoms with E-state index in [1.165, 1.54) is 11.9 Å². The first-order valence-electron chi connectivity index (χ1n) is 10.1. The van der Waals surface area contributed by atoms with Gasteiger partial charge in [-0.25, -0.2) is 9.67 Å². The van der Waals surface area contributed by atoms with Gasteiger partial charge in [0, 0.05) is 29.3 Å². The van der Waals surface area contributed by atoms with Gasteiger partial charge in [0.25, 0.3) is 0 Å². The molecule has 0 spiro atoms. The standard InChI is InChI=1S/C23H21ClN4O2/c24-16-6-3-5-15(10-16)18-11-19(29)20(23(30)22(18)28-13-25-12-27-28)21-17-7-2-1-4-14(17)8-9-26-21/h1-7,10,12-13,18,21-22,26,30H,8-9,11H2/p+1/t18-,21-,22+/m1/s1. The van der Waals surface area contributed by atoms with Crippen LogP contribution in [0.4, 0.5) is 0 Å². The highest BCUT2D eigenvalue weighted by molar-refractivity contribution is 6.30. The normalized spacial score (nSPS) is 24.0. The summed E-state index contributed by atoms with van der Waals surface area (Å²) in [6, 6.07) is 14.9. The lowest BCUT2D eigenvalue weighted by molar-refractivity contribution is -0.690. The van der Waals surface area contributed by atoms with Crippen LogP contribution in [0.1, 0.15) is 41.1 Å². The van der Waals surface area contributed by atoms with Gasteiger partial charge < -0.3 is 10.4 Å². The molecular weight excluding hydrogens is 400 g/mol. The Balaban J connectivity index is 1.65. The number of benzene rings is 2. The van der Waals surface area contributed by atoms with Crippen molar-refractivity contribution in [2.24, 2.45) is 0 Å². The summed E-state index contributed by atoms with van der Waals surface area (Å²) >= 11 is 6.22. The fourth-order valence-electron chi connectivity index (χ4n) is 4.83. The number of nitrogens with two attached hydrogens (primary N) is 1. The predicted molar refractivity (Wildman–Crippen MR) is 112 cm³/mol. The van der Waals surface area contributed by atoms with E-state index in [0.29, 0.717) is 10.6 Å². The van der Waals surface area contributed by atoms with Gasteiger partial charge in [0.05, 0.1) is 12.1 Å². The van der Waals surface area contributed by atoms with Crippen molar-refractivity contribution in [1.29, 1.82) is 0 Å². The Morgan fingerprint density at radius 2 is 2.03 bits per heavy atom. The summed E-state index contributed by atoms with van der Waals surface area (Å²) in [4.78, 5) is 17.5. The van der Waals surface area contributed by atoms with Crippen molar-refractivity contribution in [3.8, 4) is 0 Å². The van der Waals surface area contributed by atoms with Crippen LogP contribution in [0.2, 0.25) is 5.02 Å². The average Bonchev–Trinajstić information content (AvgIpc) is 3.28. The minimum Gasteiger partial charge on any atom is -0.509 e. The fourth-order valence-corrected chi connectivity index (χ4v) is 5.02. The first-order chi connectivity index (χ1) is 14.6. The zero-order valence-electron chi connectivity index (χ0n) is 16.3. The van der Waals surface area contributed by atoms with Crippen molar-refractivity contribution in [1.82, 2.24) is 14.8 Å². The van der Waals surface area contributed by atoms with E-state index < -0.39 is 6.04 Å². The van der Waals surface area contributed by atoms with Gasteiger partial charge in [0.1, 0.15) is 30.5 Å². The number of hydrogen-bond acceptors (Lipinski definition) is 4. The Hall–Kier alpha value is -2.96. The highest BCUT2D eigenvalue weighted by Crippen LogP contribution is 2.44. The molecule has 0 radical (unpaired) electrons. The molecule has 1 aliphatic carbocycles. The Morgan fingerprint density at radius 1 is 1.17 bits per heavy atom. The Kier molecular flexibility index (Phi) is 4.89. The van der Waals surface area contributed by atoms with Gasteiger partial charge in [-0.15, -0.1) is 0 Å². The number of carbonyl (C=O) groups excluding carboxylic acids is 1. The molecule has 30 heavy (non-hydrogen) atoms. The molecule has 3 atom stereocenters. The number of fused-ring (bicyclic) bond motifs is 1. The van der Waals surface area contributed by atoms with Gasteiger partial charge in [0.15, 0.2) is 5.78 Å². The summed E-state index contributed by atoms with van der Waals surface area (Å²) in [6.07, 6.45) is 4.26. The van der Waals surface area contributed by atoms with E-state index in [-0.39, 0.29) is 29.9 Å². The third-order valence-corrected chi connectivity index (χ3v) is 6.39.